The Morgan fingerprint density at radius 3 is 2.87 bits per heavy atom. The van der Waals surface area contributed by atoms with Crippen LogP contribution in [-0.2, 0) is 0 Å². The van der Waals surface area contributed by atoms with Gasteiger partial charge in [0.05, 0.1) is 24.5 Å². The summed E-state index contributed by atoms with van der Waals surface area (Å²) in [5.41, 5.74) is 3.24. The van der Waals surface area contributed by atoms with Gasteiger partial charge in [0.25, 0.3) is 5.91 Å². The zero-order valence-electron chi connectivity index (χ0n) is 16.7. The van der Waals surface area contributed by atoms with Gasteiger partial charge in [-0.3, -0.25) is 4.79 Å². The lowest BCUT2D eigenvalue weighted by Gasteiger charge is -2.19. The molecular weight excluding hydrogens is 380 g/mol. The number of rotatable bonds is 5. The first-order valence-electron chi connectivity index (χ1n) is 10.1. The Bertz CT molecular complexity index is 1170. The van der Waals surface area contributed by atoms with Crippen LogP contribution in [0.4, 0.5) is 0 Å². The number of nitrogens with zero attached hydrogens (tertiary/aromatic N) is 4. The highest BCUT2D eigenvalue weighted by Crippen LogP contribution is 2.32. The second-order valence-corrected chi connectivity index (χ2v) is 7.31. The molecule has 0 spiro atoms. The van der Waals surface area contributed by atoms with Crippen LogP contribution in [-0.4, -0.2) is 45.0 Å². The quantitative estimate of drug-likeness (QED) is 0.501. The van der Waals surface area contributed by atoms with Gasteiger partial charge in [-0.2, -0.15) is 0 Å². The summed E-state index contributed by atoms with van der Waals surface area (Å²) in [4.78, 5) is 24.3. The number of carbonyl (C=O) groups excluding carboxylic acids is 1. The van der Waals surface area contributed by atoms with E-state index in [2.05, 4.69) is 9.55 Å². The van der Waals surface area contributed by atoms with E-state index in [1.54, 1.807) is 18.7 Å². The number of likely N-dealkylation sites (tertiary alicyclic amines) is 1. The molecule has 1 atom stereocenters. The minimum absolute atomic E-state index is 0.0304. The Balaban J connectivity index is 1.43. The zero-order chi connectivity index (χ0) is 20.5. The summed E-state index contributed by atoms with van der Waals surface area (Å²) in [5.74, 6) is 1.62. The van der Waals surface area contributed by atoms with Gasteiger partial charge in [-0.05, 0) is 55.8 Å². The molecular formula is C23H22N4O3. The highest BCUT2D eigenvalue weighted by atomic mass is 16.5. The summed E-state index contributed by atoms with van der Waals surface area (Å²) in [6.07, 6.45) is 5.95. The molecule has 3 aromatic heterocycles. The summed E-state index contributed by atoms with van der Waals surface area (Å²) in [6.45, 7) is 3.84. The maximum atomic E-state index is 13.0. The molecule has 4 heterocycles. The monoisotopic (exact) mass is 402 g/mol. The lowest BCUT2D eigenvalue weighted by atomic mass is 10.2. The lowest BCUT2D eigenvalue weighted by molar-refractivity contribution is 0.0788. The standard InChI is InChI=1S/C23H22N4O3/c1-2-30-19-7-5-16(6-8-19)23(28)26-12-9-18(14-26)27-21(17-10-13-29-15-17)25-20-4-3-11-24-22(20)27/h3-8,10-11,13,15,18H,2,9,12,14H2,1H3. The molecule has 0 N–H and O–H groups in total. The minimum atomic E-state index is 0.0304. The van der Waals surface area contributed by atoms with Crippen molar-refractivity contribution in [3.05, 3.63) is 66.8 Å². The number of fused-ring (bicyclic) bond motifs is 1. The van der Waals surface area contributed by atoms with Crippen molar-refractivity contribution in [2.24, 2.45) is 0 Å². The van der Waals surface area contributed by atoms with E-state index in [0.717, 1.165) is 34.7 Å². The second kappa shape index (κ2) is 7.67. The Morgan fingerprint density at radius 2 is 2.10 bits per heavy atom. The average Bonchev–Trinajstić information content (AvgIpc) is 3.52. The summed E-state index contributed by atoms with van der Waals surface area (Å²) >= 11 is 0. The molecule has 1 fully saturated rings. The number of hydrogen-bond donors (Lipinski definition) is 0. The first-order chi connectivity index (χ1) is 14.7. The zero-order valence-corrected chi connectivity index (χ0v) is 16.7. The van der Waals surface area contributed by atoms with Crippen LogP contribution in [0.5, 0.6) is 5.75 Å². The number of benzene rings is 1. The fourth-order valence-electron chi connectivity index (χ4n) is 4.05. The smallest absolute Gasteiger partial charge is 0.253 e. The first kappa shape index (κ1) is 18.4. The number of carbonyl (C=O) groups is 1. The van der Waals surface area contributed by atoms with Crippen LogP contribution in [0.3, 0.4) is 0 Å². The van der Waals surface area contributed by atoms with Gasteiger partial charge in [0.1, 0.15) is 23.4 Å². The molecule has 0 bridgehead atoms. The van der Waals surface area contributed by atoms with Crippen LogP contribution < -0.4 is 4.74 Å². The van der Waals surface area contributed by atoms with Crippen molar-refractivity contribution < 1.29 is 13.9 Å². The molecule has 1 amide bonds. The third kappa shape index (κ3) is 3.22. The van der Waals surface area contributed by atoms with E-state index in [-0.39, 0.29) is 11.9 Å². The highest BCUT2D eigenvalue weighted by Gasteiger charge is 2.31. The molecule has 1 aliphatic heterocycles. The normalized spacial score (nSPS) is 16.3. The summed E-state index contributed by atoms with van der Waals surface area (Å²) in [5, 5.41) is 0. The lowest BCUT2D eigenvalue weighted by Crippen LogP contribution is -2.29. The Morgan fingerprint density at radius 1 is 1.23 bits per heavy atom. The first-order valence-corrected chi connectivity index (χ1v) is 10.1. The molecule has 4 aromatic rings. The molecule has 0 aliphatic carbocycles. The molecule has 7 nitrogen and oxygen atoms in total. The second-order valence-electron chi connectivity index (χ2n) is 7.31. The number of furan rings is 1. The van der Waals surface area contributed by atoms with Gasteiger partial charge in [0.15, 0.2) is 5.65 Å². The maximum Gasteiger partial charge on any atom is 0.253 e. The van der Waals surface area contributed by atoms with E-state index >= 15 is 0 Å². The topological polar surface area (TPSA) is 73.4 Å². The predicted octanol–water partition coefficient (Wildman–Crippen LogP) is 4.18. The number of hydrogen-bond acceptors (Lipinski definition) is 5. The van der Waals surface area contributed by atoms with E-state index in [1.165, 1.54) is 0 Å². The molecule has 1 aliphatic rings. The van der Waals surface area contributed by atoms with Crippen molar-refractivity contribution in [1.82, 2.24) is 19.4 Å². The Kier molecular flexibility index (Phi) is 4.71. The van der Waals surface area contributed by atoms with E-state index in [4.69, 9.17) is 14.1 Å². The molecule has 1 aromatic carbocycles. The van der Waals surface area contributed by atoms with Crippen molar-refractivity contribution in [1.29, 1.82) is 0 Å². The molecule has 7 heteroatoms. The summed E-state index contributed by atoms with van der Waals surface area (Å²) < 4.78 is 12.9. The van der Waals surface area contributed by atoms with Crippen LogP contribution >= 0.6 is 0 Å². The fraction of sp³-hybridized carbons (Fsp3) is 0.261. The molecule has 0 radical (unpaired) electrons. The Hall–Kier alpha value is -3.61. The summed E-state index contributed by atoms with van der Waals surface area (Å²) in [6, 6.07) is 13.2. The van der Waals surface area contributed by atoms with Gasteiger partial charge >= 0.3 is 0 Å². The number of amides is 1. The van der Waals surface area contributed by atoms with Crippen LogP contribution in [0.1, 0.15) is 29.7 Å². The minimum Gasteiger partial charge on any atom is -0.494 e. The fourth-order valence-corrected chi connectivity index (χ4v) is 4.05. The van der Waals surface area contributed by atoms with Crippen molar-refractivity contribution >= 4 is 17.1 Å². The molecule has 1 unspecified atom stereocenters. The van der Waals surface area contributed by atoms with Gasteiger partial charge in [-0.1, -0.05) is 0 Å². The van der Waals surface area contributed by atoms with E-state index in [9.17, 15) is 4.79 Å². The third-order valence-electron chi connectivity index (χ3n) is 5.46. The van der Waals surface area contributed by atoms with Gasteiger partial charge < -0.3 is 18.6 Å². The van der Waals surface area contributed by atoms with Gasteiger partial charge in [0, 0.05) is 24.8 Å². The van der Waals surface area contributed by atoms with E-state index < -0.39 is 0 Å². The third-order valence-corrected chi connectivity index (χ3v) is 5.46. The SMILES string of the molecule is CCOc1ccc(C(=O)N2CCC(n3c(-c4ccoc4)nc4cccnc43)C2)cc1. The number of aromatic nitrogens is 3. The van der Waals surface area contributed by atoms with E-state index in [1.807, 2.05) is 54.3 Å². The Labute approximate surface area is 173 Å². The van der Waals surface area contributed by atoms with Crippen LogP contribution in [0.25, 0.3) is 22.6 Å². The molecule has 152 valence electrons. The molecule has 30 heavy (non-hydrogen) atoms. The van der Waals surface area contributed by atoms with Crippen molar-refractivity contribution in [2.75, 3.05) is 19.7 Å². The average molecular weight is 402 g/mol. The highest BCUT2D eigenvalue weighted by molar-refractivity contribution is 5.94. The predicted molar refractivity (Wildman–Crippen MR) is 112 cm³/mol. The number of ether oxygens (including phenoxy) is 1. The van der Waals surface area contributed by atoms with Crippen molar-refractivity contribution in [3.8, 4) is 17.1 Å². The molecule has 1 saturated heterocycles. The molecule has 0 saturated carbocycles. The van der Waals surface area contributed by atoms with Crippen molar-refractivity contribution in [2.45, 2.75) is 19.4 Å². The maximum absolute atomic E-state index is 13.0. The van der Waals surface area contributed by atoms with Gasteiger partial charge in [-0.15, -0.1) is 0 Å². The number of imidazole rings is 1. The number of pyridine rings is 1. The van der Waals surface area contributed by atoms with Crippen LogP contribution in [0.15, 0.2) is 65.6 Å². The largest absolute Gasteiger partial charge is 0.494 e. The van der Waals surface area contributed by atoms with E-state index in [0.29, 0.717) is 25.3 Å². The summed E-state index contributed by atoms with van der Waals surface area (Å²) in [7, 11) is 0. The van der Waals surface area contributed by atoms with Crippen molar-refractivity contribution in [3.63, 3.8) is 0 Å². The van der Waals surface area contributed by atoms with Crippen LogP contribution in [0, 0.1) is 0 Å². The van der Waals surface area contributed by atoms with Gasteiger partial charge in [-0.25, -0.2) is 9.97 Å². The van der Waals surface area contributed by atoms with Gasteiger partial charge in [0.2, 0.25) is 0 Å². The molecule has 5 rings (SSSR count). The van der Waals surface area contributed by atoms with Crippen LogP contribution in [0.2, 0.25) is 0 Å².